The first-order chi connectivity index (χ1) is 9.08. The van der Waals surface area contributed by atoms with Crippen molar-refractivity contribution < 1.29 is 8.42 Å². The van der Waals surface area contributed by atoms with Crippen molar-refractivity contribution >= 4 is 26.0 Å². The SMILES string of the molecule is O=S(=O)(NC1c2ccccc2CC1Br)c1ccn[nH]1. The molecule has 1 aliphatic carbocycles. The molecule has 0 spiro atoms. The highest BCUT2D eigenvalue weighted by atomic mass is 79.9. The van der Waals surface area contributed by atoms with E-state index < -0.39 is 10.0 Å². The molecule has 19 heavy (non-hydrogen) atoms. The summed E-state index contributed by atoms with van der Waals surface area (Å²) in [6, 6.07) is 9.03. The minimum absolute atomic E-state index is 0.0580. The number of hydrogen-bond donors (Lipinski definition) is 2. The van der Waals surface area contributed by atoms with Gasteiger partial charge in [0, 0.05) is 4.83 Å². The number of aromatic nitrogens is 2. The number of rotatable bonds is 3. The maximum atomic E-state index is 12.2. The van der Waals surface area contributed by atoms with Gasteiger partial charge in [-0.15, -0.1) is 0 Å². The van der Waals surface area contributed by atoms with Crippen LogP contribution in [0.5, 0.6) is 0 Å². The average Bonchev–Trinajstić information content (AvgIpc) is 2.99. The Morgan fingerprint density at radius 3 is 2.84 bits per heavy atom. The third-order valence-electron chi connectivity index (χ3n) is 3.21. The van der Waals surface area contributed by atoms with E-state index in [0.29, 0.717) is 0 Å². The van der Waals surface area contributed by atoms with E-state index in [4.69, 9.17) is 0 Å². The number of hydrogen-bond acceptors (Lipinski definition) is 3. The molecule has 2 atom stereocenters. The van der Waals surface area contributed by atoms with Gasteiger partial charge in [0.25, 0.3) is 10.0 Å². The van der Waals surface area contributed by atoms with E-state index in [1.54, 1.807) is 0 Å². The first-order valence-electron chi connectivity index (χ1n) is 5.81. The second-order valence-electron chi connectivity index (χ2n) is 4.44. The quantitative estimate of drug-likeness (QED) is 0.835. The maximum Gasteiger partial charge on any atom is 0.258 e. The summed E-state index contributed by atoms with van der Waals surface area (Å²) in [6.45, 7) is 0. The number of benzene rings is 1. The maximum absolute atomic E-state index is 12.2. The van der Waals surface area contributed by atoms with Crippen molar-refractivity contribution in [2.75, 3.05) is 0 Å². The molecule has 0 aliphatic heterocycles. The van der Waals surface area contributed by atoms with Gasteiger partial charge in [0.15, 0.2) is 5.03 Å². The lowest BCUT2D eigenvalue weighted by Crippen LogP contribution is -2.32. The molecule has 1 aromatic carbocycles. The zero-order valence-electron chi connectivity index (χ0n) is 9.88. The third kappa shape index (κ3) is 2.33. The Kier molecular flexibility index (Phi) is 3.20. The monoisotopic (exact) mass is 341 g/mol. The number of aromatic amines is 1. The Balaban J connectivity index is 1.92. The van der Waals surface area contributed by atoms with Crippen molar-refractivity contribution in [1.82, 2.24) is 14.9 Å². The molecule has 0 amide bonds. The van der Waals surface area contributed by atoms with Gasteiger partial charge in [-0.2, -0.15) is 5.10 Å². The fourth-order valence-electron chi connectivity index (χ4n) is 2.31. The zero-order chi connectivity index (χ0) is 13.5. The number of nitrogens with zero attached hydrogens (tertiary/aromatic N) is 1. The molecular formula is C12H12BrN3O2S. The number of H-pyrrole nitrogens is 1. The molecule has 2 aromatic rings. The summed E-state index contributed by atoms with van der Waals surface area (Å²) >= 11 is 3.55. The Morgan fingerprint density at radius 1 is 1.32 bits per heavy atom. The van der Waals surface area contributed by atoms with E-state index in [0.717, 1.165) is 12.0 Å². The van der Waals surface area contributed by atoms with Gasteiger partial charge in [-0.05, 0) is 23.6 Å². The molecule has 0 saturated carbocycles. The van der Waals surface area contributed by atoms with Crippen molar-refractivity contribution in [1.29, 1.82) is 0 Å². The number of fused-ring (bicyclic) bond motifs is 1. The summed E-state index contributed by atoms with van der Waals surface area (Å²) < 4.78 is 27.1. The molecule has 5 nitrogen and oxygen atoms in total. The van der Waals surface area contributed by atoms with Crippen molar-refractivity contribution in [3.63, 3.8) is 0 Å². The van der Waals surface area contributed by atoms with E-state index in [1.807, 2.05) is 24.3 Å². The second kappa shape index (κ2) is 4.73. The molecule has 1 heterocycles. The van der Waals surface area contributed by atoms with Crippen LogP contribution >= 0.6 is 15.9 Å². The van der Waals surface area contributed by atoms with E-state index >= 15 is 0 Å². The van der Waals surface area contributed by atoms with Gasteiger partial charge < -0.3 is 0 Å². The van der Waals surface area contributed by atoms with Gasteiger partial charge >= 0.3 is 0 Å². The van der Waals surface area contributed by atoms with Gasteiger partial charge in [0.2, 0.25) is 0 Å². The fraction of sp³-hybridized carbons (Fsp3) is 0.250. The molecule has 0 saturated heterocycles. The predicted molar refractivity (Wildman–Crippen MR) is 74.5 cm³/mol. The first kappa shape index (κ1) is 12.8. The summed E-state index contributed by atoms with van der Waals surface area (Å²) in [6.07, 6.45) is 2.23. The van der Waals surface area contributed by atoms with E-state index in [9.17, 15) is 8.42 Å². The Labute approximate surface area is 119 Å². The molecule has 100 valence electrons. The molecule has 1 aromatic heterocycles. The van der Waals surface area contributed by atoms with Crippen LogP contribution in [-0.4, -0.2) is 23.4 Å². The van der Waals surface area contributed by atoms with Crippen LogP contribution in [-0.2, 0) is 16.4 Å². The van der Waals surface area contributed by atoms with Gasteiger partial charge in [-0.1, -0.05) is 40.2 Å². The van der Waals surface area contributed by atoms with Crippen LogP contribution in [0.25, 0.3) is 0 Å². The summed E-state index contributed by atoms with van der Waals surface area (Å²) in [5, 5.41) is 6.23. The molecule has 2 unspecified atom stereocenters. The number of nitrogens with one attached hydrogen (secondary N) is 2. The predicted octanol–water partition coefficient (Wildman–Crippen LogP) is 1.75. The standard InChI is InChI=1S/C12H12BrN3O2S/c13-10-7-8-3-1-2-4-9(8)12(10)16-19(17,18)11-5-6-14-15-11/h1-6,10,12,16H,7H2,(H,14,15). The van der Waals surface area contributed by atoms with Crippen molar-refractivity contribution in [2.45, 2.75) is 22.3 Å². The minimum Gasteiger partial charge on any atom is -0.266 e. The summed E-state index contributed by atoms with van der Waals surface area (Å²) in [5.74, 6) is 0. The van der Waals surface area contributed by atoms with Crippen LogP contribution in [0.3, 0.4) is 0 Å². The lowest BCUT2D eigenvalue weighted by atomic mass is 10.1. The number of halogens is 1. The average molecular weight is 342 g/mol. The Hall–Kier alpha value is -1.18. The summed E-state index contributed by atoms with van der Waals surface area (Å²) in [5.41, 5.74) is 2.19. The molecule has 3 rings (SSSR count). The topological polar surface area (TPSA) is 74.8 Å². The Morgan fingerprint density at radius 2 is 2.11 bits per heavy atom. The van der Waals surface area contributed by atoms with Crippen LogP contribution in [0.4, 0.5) is 0 Å². The normalized spacial score (nSPS) is 22.4. The van der Waals surface area contributed by atoms with Crippen LogP contribution < -0.4 is 4.72 Å². The molecule has 0 fully saturated rings. The molecule has 0 bridgehead atoms. The van der Waals surface area contributed by atoms with Crippen LogP contribution in [0.15, 0.2) is 41.6 Å². The number of sulfonamides is 1. The lowest BCUT2D eigenvalue weighted by molar-refractivity contribution is 0.555. The lowest BCUT2D eigenvalue weighted by Gasteiger charge is -2.16. The zero-order valence-corrected chi connectivity index (χ0v) is 12.3. The van der Waals surface area contributed by atoms with Crippen LogP contribution in [0, 0.1) is 0 Å². The van der Waals surface area contributed by atoms with Gasteiger partial charge in [-0.3, -0.25) is 5.10 Å². The summed E-state index contributed by atoms with van der Waals surface area (Å²) in [7, 11) is -3.57. The van der Waals surface area contributed by atoms with E-state index in [2.05, 4.69) is 30.8 Å². The van der Waals surface area contributed by atoms with E-state index in [-0.39, 0.29) is 15.9 Å². The van der Waals surface area contributed by atoms with Crippen LogP contribution in [0.2, 0.25) is 0 Å². The molecule has 1 aliphatic rings. The first-order valence-corrected chi connectivity index (χ1v) is 8.21. The molecule has 7 heteroatoms. The Bertz CT molecular complexity index is 685. The third-order valence-corrected chi connectivity index (χ3v) is 5.44. The van der Waals surface area contributed by atoms with Gasteiger partial charge in [0.1, 0.15) is 0 Å². The molecular weight excluding hydrogens is 330 g/mol. The largest absolute Gasteiger partial charge is 0.266 e. The summed E-state index contributed by atoms with van der Waals surface area (Å²) in [4.78, 5) is 0.0580. The number of alkyl halides is 1. The fourth-order valence-corrected chi connectivity index (χ4v) is 4.41. The highest BCUT2D eigenvalue weighted by Gasteiger charge is 2.34. The smallest absolute Gasteiger partial charge is 0.258 e. The highest BCUT2D eigenvalue weighted by molar-refractivity contribution is 9.09. The minimum atomic E-state index is -3.57. The highest BCUT2D eigenvalue weighted by Crippen LogP contribution is 2.36. The van der Waals surface area contributed by atoms with Crippen LogP contribution in [0.1, 0.15) is 17.2 Å². The van der Waals surface area contributed by atoms with Crippen molar-refractivity contribution in [3.05, 3.63) is 47.7 Å². The molecule has 0 radical (unpaired) electrons. The second-order valence-corrected chi connectivity index (χ2v) is 7.30. The van der Waals surface area contributed by atoms with Crippen molar-refractivity contribution in [3.8, 4) is 0 Å². The van der Waals surface area contributed by atoms with Gasteiger partial charge in [0.05, 0.1) is 12.2 Å². The van der Waals surface area contributed by atoms with Gasteiger partial charge in [-0.25, -0.2) is 13.1 Å². The molecule has 2 N–H and O–H groups in total. The van der Waals surface area contributed by atoms with E-state index in [1.165, 1.54) is 17.8 Å². The van der Waals surface area contributed by atoms with Crippen molar-refractivity contribution in [2.24, 2.45) is 0 Å².